The van der Waals surface area contributed by atoms with Gasteiger partial charge in [0.1, 0.15) is 0 Å². The maximum atomic E-state index is 12.2. The number of carbonyl (C=O) groups is 6. The Morgan fingerprint density at radius 2 is 0.600 bits per heavy atom. The van der Waals surface area contributed by atoms with E-state index in [2.05, 4.69) is 21.3 Å². The second-order valence-corrected chi connectivity index (χ2v) is 16.2. The highest BCUT2D eigenvalue weighted by Crippen LogP contribution is 2.16. The van der Waals surface area contributed by atoms with Gasteiger partial charge in [-0.1, -0.05) is 52.4 Å². The van der Waals surface area contributed by atoms with Crippen LogP contribution < -0.4 is 21.3 Å². The van der Waals surface area contributed by atoms with Gasteiger partial charge in [-0.25, -0.2) is 0 Å². The molecule has 0 aromatic rings. The molecule has 0 fully saturated rings. The van der Waals surface area contributed by atoms with Crippen molar-refractivity contribution in [1.29, 1.82) is 0 Å². The highest BCUT2D eigenvalue weighted by molar-refractivity contribution is 5.77. The van der Waals surface area contributed by atoms with Crippen molar-refractivity contribution in [2.45, 2.75) is 117 Å². The highest BCUT2D eigenvalue weighted by Gasteiger charge is 2.19. The van der Waals surface area contributed by atoms with Gasteiger partial charge < -0.3 is 69.4 Å². The third kappa shape index (κ3) is 49.8. The summed E-state index contributed by atoms with van der Waals surface area (Å²) in [5, 5.41) is 28.6. The molecule has 6 N–H and O–H groups in total. The molecule has 0 unspecified atom stereocenters. The predicted octanol–water partition coefficient (Wildman–Crippen LogP) is 3.02. The van der Waals surface area contributed by atoms with Gasteiger partial charge in [0, 0.05) is 57.3 Å². The first-order chi connectivity index (χ1) is 31.4. The second-order valence-electron chi connectivity index (χ2n) is 16.2. The van der Waals surface area contributed by atoms with E-state index in [0.717, 1.165) is 64.2 Å². The lowest BCUT2D eigenvalue weighted by molar-refractivity contribution is -0.139. The number of aliphatic carboxylic acids is 2. The fourth-order valence-electron chi connectivity index (χ4n) is 5.69. The first-order valence-corrected chi connectivity index (χ1v) is 23.5. The average molecular weight is 937 g/mol. The van der Waals surface area contributed by atoms with Crippen LogP contribution in [-0.2, 0) is 66.7 Å². The van der Waals surface area contributed by atoms with Gasteiger partial charge in [-0.3, -0.25) is 28.8 Å². The number of amides is 4. The number of hydrogen-bond acceptors (Lipinski definition) is 14. The summed E-state index contributed by atoms with van der Waals surface area (Å²) in [6, 6.07) is 0. The van der Waals surface area contributed by atoms with Crippen LogP contribution in [0.15, 0.2) is 0 Å². The van der Waals surface area contributed by atoms with Crippen molar-refractivity contribution in [3.05, 3.63) is 0 Å². The largest absolute Gasteiger partial charge is 0.481 e. The molecule has 20 heteroatoms. The summed E-state index contributed by atoms with van der Waals surface area (Å²) in [6.07, 6.45) is 10.7. The summed E-state index contributed by atoms with van der Waals surface area (Å²) in [7, 11) is 0. The van der Waals surface area contributed by atoms with Gasteiger partial charge in [-0.2, -0.15) is 0 Å². The average Bonchev–Trinajstić information content (AvgIpc) is 3.26. The molecule has 0 aliphatic heterocycles. The molecule has 65 heavy (non-hydrogen) atoms. The SMILES string of the molecule is CC(C)(COCCC(=O)NCCCCCCCC(=O)NCCOCCOCCOCCC(=O)O)COCCC(=O)NCCCCCCCC(=O)NCCOCCOCCOCCC(=O)O. The van der Waals surface area contributed by atoms with Crippen molar-refractivity contribution in [2.75, 3.05) is 132 Å². The molecule has 20 nitrogen and oxygen atoms in total. The van der Waals surface area contributed by atoms with Gasteiger partial charge in [0.15, 0.2) is 0 Å². The lowest BCUT2D eigenvalue weighted by Crippen LogP contribution is -2.29. The van der Waals surface area contributed by atoms with E-state index in [1.54, 1.807) is 0 Å². The van der Waals surface area contributed by atoms with E-state index < -0.39 is 11.9 Å². The Balaban J connectivity index is 3.52. The first-order valence-electron chi connectivity index (χ1n) is 23.5. The Hall–Kier alpha value is -3.50. The minimum Gasteiger partial charge on any atom is -0.481 e. The zero-order chi connectivity index (χ0) is 47.9. The van der Waals surface area contributed by atoms with E-state index in [-0.39, 0.29) is 67.9 Å². The lowest BCUT2D eigenvalue weighted by atomic mass is 9.96. The lowest BCUT2D eigenvalue weighted by Gasteiger charge is -2.24. The normalized spacial score (nSPS) is 11.4. The Labute approximate surface area is 386 Å². The molecule has 0 aliphatic rings. The van der Waals surface area contributed by atoms with Crippen LogP contribution in [0.4, 0.5) is 0 Å². The summed E-state index contributed by atoms with van der Waals surface area (Å²) in [5.74, 6) is -1.88. The van der Waals surface area contributed by atoms with E-state index in [4.69, 9.17) is 48.1 Å². The number of rotatable bonds is 50. The Morgan fingerprint density at radius 1 is 0.323 bits per heavy atom. The molecule has 0 saturated heterocycles. The van der Waals surface area contributed by atoms with Crippen molar-refractivity contribution in [2.24, 2.45) is 5.41 Å². The standard InChI is InChI=1S/C45H84N4O16/c1-45(2,37-64-23-15-41(52)46-19-11-7-3-5-9-13-39(50)48-21-27-60-31-35-62-33-29-58-25-17-43(54)55)38-65-24-16-42(53)47-20-12-8-4-6-10-14-40(51)49-22-28-61-32-36-63-34-30-59-26-18-44(56)57/h3-38H2,1-2H3,(H,46,52)(H,47,53)(H,48,50)(H,49,51)(H,54,55)(H,56,57). The second kappa shape index (κ2) is 45.6. The van der Waals surface area contributed by atoms with Gasteiger partial charge in [0.05, 0.1) is 119 Å². The third-order valence-electron chi connectivity index (χ3n) is 9.28. The number of carboxylic acid groups (broad SMARTS) is 2. The minimum absolute atomic E-state index is 0.000940. The molecule has 0 heterocycles. The maximum absolute atomic E-state index is 12.2. The van der Waals surface area contributed by atoms with Gasteiger partial charge >= 0.3 is 11.9 Å². The minimum atomic E-state index is -0.894. The number of hydrogen-bond donors (Lipinski definition) is 6. The van der Waals surface area contributed by atoms with E-state index >= 15 is 0 Å². The van der Waals surface area contributed by atoms with Crippen molar-refractivity contribution in [1.82, 2.24) is 21.3 Å². The van der Waals surface area contributed by atoms with Crippen molar-refractivity contribution in [3.63, 3.8) is 0 Å². The fourth-order valence-corrected chi connectivity index (χ4v) is 5.69. The van der Waals surface area contributed by atoms with Crippen LogP contribution >= 0.6 is 0 Å². The monoisotopic (exact) mass is 937 g/mol. The van der Waals surface area contributed by atoms with Crippen molar-refractivity contribution < 1.29 is 76.9 Å². The summed E-state index contributed by atoms with van der Waals surface area (Å²) in [5.41, 5.74) is -0.264. The molecule has 4 amide bonds. The Bertz CT molecular complexity index is 1120. The van der Waals surface area contributed by atoms with Gasteiger partial charge in [0.25, 0.3) is 0 Å². The van der Waals surface area contributed by atoms with Crippen molar-refractivity contribution >= 4 is 35.6 Å². The number of ether oxygens (including phenoxy) is 8. The van der Waals surface area contributed by atoms with Crippen LogP contribution in [0, 0.1) is 5.41 Å². The highest BCUT2D eigenvalue weighted by atomic mass is 16.6. The van der Waals surface area contributed by atoms with E-state index in [0.29, 0.717) is 132 Å². The molecular formula is C45H84N4O16. The summed E-state index contributed by atoms with van der Waals surface area (Å²) in [6.45, 7) is 11.8. The van der Waals surface area contributed by atoms with Gasteiger partial charge in [-0.05, 0) is 25.7 Å². The summed E-state index contributed by atoms with van der Waals surface area (Å²) < 4.78 is 43.2. The maximum Gasteiger partial charge on any atom is 0.305 e. The van der Waals surface area contributed by atoms with E-state index in [1.165, 1.54) is 0 Å². The molecular weight excluding hydrogens is 853 g/mol. The van der Waals surface area contributed by atoms with Gasteiger partial charge in [-0.15, -0.1) is 0 Å². The summed E-state index contributed by atoms with van der Waals surface area (Å²) in [4.78, 5) is 69.2. The van der Waals surface area contributed by atoms with Crippen LogP contribution in [0.1, 0.15) is 117 Å². The Kier molecular flexibility index (Phi) is 43.2. The van der Waals surface area contributed by atoms with Crippen LogP contribution in [0.25, 0.3) is 0 Å². The fraction of sp³-hybridized carbons (Fsp3) is 0.867. The van der Waals surface area contributed by atoms with Crippen LogP contribution in [-0.4, -0.2) is 178 Å². The third-order valence-corrected chi connectivity index (χ3v) is 9.28. The van der Waals surface area contributed by atoms with Crippen molar-refractivity contribution in [3.8, 4) is 0 Å². The topological polar surface area (TPSA) is 265 Å². The van der Waals surface area contributed by atoms with E-state index in [1.807, 2.05) is 13.8 Å². The molecule has 0 aromatic carbocycles. The van der Waals surface area contributed by atoms with E-state index in [9.17, 15) is 28.8 Å². The number of unbranched alkanes of at least 4 members (excludes halogenated alkanes) is 8. The summed E-state index contributed by atoms with van der Waals surface area (Å²) >= 11 is 0. The quantitative estimate of drug-likeness (QED) is 0.0479. The zero-order valence-electron chi connectivity index (χ0n) is 39.6. The number of carboxylic acids is 2. The number of nitrogens with one attached hydrogen (secondary N) is 4. The van der Waals surface area contributed by atoms with Crippen LogP contribution in [0.2, 0.25) is 0 Å². The molecule has 0 saturated carbocycles. The number of carbonyl (C=O) groups excluding carboxylic acids is 4. The molecule has 380 valence electrons. The molecule has 0 radical (unpaired) electrons. The molecule has 0 spiro atoms. The smallest absolute Gasteiger partial charge is 0.305 e. The predicted molar refractivity (Wildman–Crippen MR) is 242 cm³/mol. The molecule has 0 bridgehead atoms. The first kappa shape index (κ1) is 61.5. The van der Waals surface area contributed by atoms with Crippen LogP contribution in [0.3, 0.4) is 0 Å². The Morgan fingerprint density at radius 3 is 0.969 bits per heavy atom. The molecule has 0 atom stereocenters. The van der Waals surface area contributed by atoms with Gasteiger partial charge in [0.2, 0.25) is 23.6 Å². The molecule has 0 rings (SSSR count). The molecule has 0 aromatic heterocycles. The zero-order valence-corrected chi connectivity index (χ0v) is 39.6. The van der Waals surface area contributed by atoms with Crippen LogP contribution in [0.5, 0.6) is 0 Å². The molecule has 0 aliphatic carbocycles.